The molecule has 2 heterocycles. The monoisotopic (exact) mass is 588 g/mol. The molecule has 0 atom stereocenters. The Labute approximate surface area is 212 Å². The molecule has 2 amide bonds. The van der Waals surface area contributed by atoms with Crippen LogP contribution in [-0.4, -0.2) is 28.1 Å². The number of imide groups is 1. The molecule has 4 rings (SSSR count). The van der Waals surface area contributed by atoms with Gasteiger partial charge in [-0.2, -0.15) is 0 Å². The van der Waals surface area contributed by atoms with Crippen LogP contribution in [0, 0.1) is 0 Å². The van der Waals surface area contributed by atoms with Crippen LogP contribution < -0.4 is 9.47 Å². The molecular weight excluding hydrogens is 572 g/mol. The summed E-state index contributed by atoms with van der Waals surface area (Å²) < 4.78 is 13.1. The highest BCUT2D eigenvalue weighted by molar-refractivity contribution is 9.10. The molecule has 168 valence electrons. The number of amides is 2. The van der Waals surface area contributed by atoms with E-state index in [0.717, 1.165) is 27.4 Å². The Morgan fingerprint density at radius 1 is 1.03 bits per heavy atom. The number of benzene rings is 2. The van der Waals surface area contributed by atoms with Gasteiger partial charge in [0.1, 0.15) is 6.61 Å². The Kier molecular flexibility index (Phi) is 7.52. The van der Waals surface area contributed by atoms with E-state index in [4.69, 9.17) is 9.47 Å². The molecule has 0 saturated carbocycles. The first-order valence-corrected chi connectivity index (χ1v) is 12.2. The number of carbonyl (C=O) groups excluding carboxylic acids is 2. The van der Waals surface area contributed by atoms with E-state index in [1.807, 2.05) is 42.5 Å². The summed E-state index contributed by atoms with van der Waals surface area (Å²) >= 11 is 7.84. The zero-order chi connectivity index (χ0) is 23.4. The van der Waals surface area contributed by atoms with Crippen molar-refractivity contribution in [1.82, 2.24) is 9.88 Å². The Morgan fingerprint density at radius 2 is 1.76 bits per heavy atom. The van der Waals surface area contributed by atoms with Gasteiger partial charge in [-0.25, -0.2) is 0 Å². The van der Waals surface area contributed by atoms with Crippen LogP contribution in [0.25, 0.3) is 6.08 Å². The number of thioether (sulfide) groups is 1. The summed E-state index contributed by atoms with van der Waals surface area (Å²) in [5.74, 6) is 0.745. The van der Waals surface area contributed by atoms with Gasteiger partial charge < -0.3 is 9.47 Å². The minimum Gasteiger partial charge on any atom is -0.493 e. The molecule has 0 unspecified atom stereocenters. The number of rotatable bonds is 7. The van der Waals surface area contributed by atoms with E-state index in [1.165, 1.54) is 4.90 Å². The molecule has 1 fully saturated rings. The van der Waals surface area contributed by atoms with Crippen molar-refractivity contribution < 1.29 is 19.1 Å². The minimum atomic E-state index is -0.318. The van der Waals surface area contributed by atoms with Gasteiger partial charge in [0.2, 0.25) is 0 Å². The summed E-state index contributed by atoms with van der Waals surface area (Å²) in [7, 11) is 1.55. The topological polar surface area (TPSA) is 68.7 Å². The van der Waals surface area contributed by atoms with Gasteiger partial charge in [0.15, 0.2) is 11.5 Å². The van der Waals surface area contributed by atoms with Crippen LogP contribution >= 0.6 is 43.6 Å². The molecule has 33 heavy (non-hydrogen) atoms. The fourth-order valence-electron chi connectivity index (χ4n) is 3.16. The lowest BCUT2D eigenvalue weighted by Crippen LogP contribution is -2.27. The third-order valence-electron chi connectivity index (χ3n) is 4.81. The van der Waals surface area contributed by atoms with Crippen molar-refractivity contribution in [1.29, 1.82) is 0 Å². The second-order valence-corrected chi connectivity index (χ2v) is 9.84. The predicted molar refractivity (Wildman–Crippen MR) is 135 cm³/mol. The number of nitrogens with zero attached hydrogens (tertiary/aromatic N) is 2. The second kappa shape index (κ2) is 10.5. The molecule has 1 aliphatic heterocycles. The summed E-state index contributed by atoms with van der Waals surface area (Å²) in [5, 5.41) is -0.294. The quantitative estimate of drug-likeness (QED) is 0.296. The highest BCUT2D eigenvalue weighted by atomic mass is 79.9. The van der Waals surface area contributed by atoms with Crippen molar-refractivity contribution >= 4 is 60.8 Å². The summed E-state index contributed by atoms with van der Waals surface area (Å²) in [4.78, 5) is 31.0. The largest absolute Gasteiger partial charge is 0.493 e. The van der Waals surface area contributed by atoms with Crippen molar-refractivity contribution in [2.24, 2.45) is 0 Å². The first-order valence-electron chi connectivity index (χ1n) is 9.83. The maximum Gasteiger partial charge on any atom is 0.293 e. The van der Waals surface area contributed by atoms with Crippen LogP contribution in [0.15, 0.2) is 74.8 Å². The van der Waals surface area contributed by atoms with E-state index in [0.29, 0.717) is 33.0 Å². The maximum atomic E-state index is 12.9. The number of methoxy groups -OCH3 is 1. The van der Waals surface area contributed by atoms with Crippen molar-refractivity contribution in [3.63, 3.8) is 0 Å². The number of ether oxygens (including phenoxy) is 2. The van der Waals surface area contributed by atoms with E-state index in [-0.39, 0.29) is 17.7 Å². The van der Waals surface area contributed by atoms with Gasteiger partial charge in [-0.15, -0.1) is 0 Å². The number of carbonyl (C=O) groups is 2. The van der Waals surface area contributed by atoms with Crippen molar-refractivity contribution in [2.75, 3.05) is 7.11 Å². The van der Waals surface area contributed by atoms with E-state index < -0.39 is 0 Å². The minimum absolute atomic E-state index is 0.226. The van der Waals surface area contributed by atoms with Crippen LogP contribution in [0.2, 0.25) is 0 Å². The van der Waals surface area contributed by atoms with Crippen molar-refractivity contribution in [3.05, 3.63) is 91.5 Å². The zero-order valence-electron chi connectivity index (χ0n) is 17.5. The first kappa shape index (κ1) is 23.5. The molecule has 0 aliphatic carbocycles. The summed E-state index contributed by atoms with van der Waals surface area (Å²) in [6.45, 7) is 0.579. The van der Waals surface area contributed by atoms with Gasteiger partial charge in [0, 0.05) is 16.9 Å². The second-order valence-electron chi connectivity index (χ2n) is 7.07. The van der Waals surface area contributed by atoms with Crippen molar-refractivity contribution in [2.45, 2.75) is 13.2 Å². The van der Waals surface area contributed by atoms with Crippen LogP contribution in [0.4, 0.5) is 4.79 Å². The van der Waals surface area contributed by atoms with Gasteiger partial charge in [0.05, 0.1) is 23.0 Å². The number of aromatic nitrogens is 1. The highest BCUT2D eigenvalue weighted by Gasteiger charge is 2.35. The molecule has 1 saturated heterocycles. The van der Waals surface area contributed by atoms with Gasteiger partial charge >= 0.3 is 0 Å². The van der Waals surface area contributed by atoms with Gasteiger partial charge in [-0.1, -0.05) is 28.1 Å². The molecule has 0 spiro atoms. The van der Waals surface area contributed by atoms with Crippen LogP contribution in [0.3, 0.4) is 0 Å². The standard InChI is InChI=1S/C24H18Br2N2O4S/c1-31-20-11-17(10-19(26)22(20)32-14-16-6-8-27-9-7-16)12-21-23(29)28(24(30)33-21)13-15-2-4-18(25)5-3-15/h2-12H,13-14H2,1H3/b21-12-. The van der Waals surface area contributed by atoms with E-state index in [2.05, 4.69) is 36.8 Å². The predicted octanol–water partition coefficient (Wildman–Crippen LogP) is 6.43. The Balaban J connectivity index is 1.53. The molecule has 0 N–H and O–H groups in total. The normalized spacial score (nSPS) is 14.8. The van der Waals surface area contributed by atoms with E-state index in [1.54, 1.807) is 31.6 Å². The fourth-order valence-corrected chi connectivity index (χ4v) is 4.83. The summed E-state index contributed by atoms with van der Waals surface area (Å²) in [6.07, 6.45) is 5.10. The number of hydrogen-bond donors (Lipinski definition) is 0. The molecule has 1 aliphatic rings. The van der Waals surface area contributed by atoms with E-state index in [9.17, 15) is 9.59 Å². The molecule has 1 aromatic heterocycles. The molecule has 9 heteroatoms. The molecule has 3 aromatic rings. The summed E-state index contributed by atoms with van der Waals surface area (Å²) in [5.41, 5.74) is 2.56. The van der Waals surface area contributed by atoms with Gasteiger partial charge in [0.25, 0.3) is 11.1 Å². The van der Waals surface area contributed by atoms with Gasteiger partial charge in [-0.05, 0) is 86.9 Å². The molecule has 0 radical (unpaired) electrons. The highest BCUT2D eigenvalue weighted by Crippen LogP contribution is 2.39. The lowest BCUT2D eigenvalue weighted by atomic mass is 10.1. The first-order chi connectivity index (χ1) is 15.9. The number of hydrogen-bond acceptors (Lipinski definition) is 6. The van der Waals surface area contributed by atoms with Crippen LogP contribution in [-0.2, 0) is 17.9 Å². The van der Waals surface area contributed by atoms with E-state index >= 15 is 0 Å². The number of pyridine rings is 1. The SMILES string of the molecule is COc1cc(/C=C2\SC(=O)N(Cc3ccc(Br)cc3)C2=O)cc(Br)c1OCc1ccncc1. The lowest BCUT2D eigenvalue weighted by molar-refractivity contribution is -0.123. The fraction of sp³-hybridized carbons (Fsp3) is 0.125. The molecule has 0 bridgehead atoms. The third kappa shape index (κ3) is 5.66. The third-order valence-corrected chi connectivity index (χ3v) is 6.83. The average Bonchev–Trinajstić information content (AvgIpc) is 3.07. The molecular formula is C24H18Br2N2O4S. The summed E-state index contributed by atoms with van der Waals surface area (Å²) in [6, 6.07) is 14.9. The molecule has 2 aromatic carbocycles. The lowest BCUT2D eigenvalue weighted by Gasteiger charge is -2.14. The van der Waals surface area contributed by atoms with Crippen LogP contribution in [0.5, 0.6) is 11.5 Å². The van der Waals surface area contributed by atoms with Gasteiger partial charge in [-0.3, -0.25) is 19.5 Å². The van der Waals surface area contributed by atoms with Crippen LogP contribution in [0.1, 0.15) is 16.7 Å². The zero-order valence-corrected chi connectivity index (χ0v) is 21.4. The smallest absolute Gasteiger partial charge is 0.293 e. The van der Waals surface area contributed by atoms with Crippen molar-refractivity contribution in [3.8, 4) is 11.5 Å². The Bertz CT molecular complexity index is 1220. The molecule has 6 nitrogen and oxygen atoms in total. The Hall–Kier alpha value is -2.62. The average molecular weight is 590 g/mol. The number of halogens is 2. The maximum absolute atomic E-state index is 12.9. The Morgan fingerprint density at radius 3 is 2.45 bits per heavy atom.